The lowest BCUT2D eigenvalue weighted by Gasteiger charge is -2.47. The number of imidazole rings is 1. The van der Waals surface area contributed by atoms with Gasteiger partial charge in [0.15, 0.2) is 11.5 Å². The van der Waals surface area contributed by atoms with Gasteiger partial charge in [0, 0.05) is 54.0 Å². The first-order chi connectivity index (χ1) is 18.4. The lowest BCUT2D eigenvalue weighted by Crippen LogP contribution is -2.59. The maximum Gasteiger partial charge on any atom is 0.274 e. The number of nitrogens with zero attached hydrogens (tertiary/aromatic N) is 5. The zero-order valence-corrected chi connectivity index (χ0v) is 20.9. The molecule has 0 unspecified atom stereocenters. The van der Waals surface area contributed by atoms with Crippen molar-refractivity contribution >= 4 is 28.3 Å². The average Bonchev–Trinajstić information content (AvgIpc) is 3.57. The highest BCUT2D eigenvalue weighted by Crippen LogP contribution is 2.38. The van der Waals surface area contributed by atoms with Gasteiger partial charge < -0.3 is 16.0 Å². The first kappa shape index (κ1) is 22.8. The number of carbonyl (C=O) groups is 1. The number of pyridine rings is 1. The maximum atomic E-state index is 13.8. The van der Waals surface area contributed by atoms with Crippen molar-refractivity contribution in [2.75, 3.05) is 31.9 Å². The number of fused-ring (bicyclic) bond motifs is 2. The maximum absolute atomic E-state index is 13.8. The summed E-state index contributed by atoms with van der Waals surface area (Å²) < 4.78 is 15.6. The minimum absolute atomic E-state index is 0.113. The molecule has 38 heavy (non-hydrogen) atoms. The fourth-order valence-corrected chi connectivity index (χ4v) is 5.82. The fraction of sp³-hybridized carbons (Fsp3) is 0.241. The van der Waals surface area contributed by atoms with Crippen LogP contribution in [0.25, 0.3) is 39.1 Å². The van der Waals surface area contributed by atoms with Crippen molar-refractivity contribution in [2.45, 2.75) is 13.3 Å². The van der Waals surface area contributed by atoms with E-state index in [1.165, 1.54) is 12.1 Å². The highest BCUT2D eigenvalue weighted by Gasteiger charge is 2.47. The lowest BCUT2D eigenvalue weighted by atomic mass is 9.79. The second kappa shape index (κ2) is 8.32. The van der Waals surface area contributed by atoms with Gasteiger partial charge in [-0.15, -0.1) is 0 Å². The molecule has 0 radical (unpaired) electrons. The van der Waals surface area contributed by atoms with Gasteiger partial charge in [0.1, 0.15) is 11.5 Å². The molecule has 3 N–H and O–H groups in total. The van der Waals surface area contributed by atoms with Crippen LogP contribution in [0.5, 0.6) is 0 Å². The van der Waals surface area contributed by atoms with E-state index in [-0.39, 0.29) is 23.0 Å². The Morgan fingerprint density at radius 1 is 1.08 bits per heavy atom. The van der Waals surface area contributed by atoms with Crippen LogP contribution in [-0.2, 0) is 0 Å². The van der Waals surface area contributed by atoms with E-state index in [9.17, 15) is 9.18 Å². The Morgan fingerprint density at radius 3 is 2.63 bits per heavy atom. The Morgan fingerprint density at radius 2 is 1.87 bits per heavy atom. The molecular weight excluding hydrogens is 481 g/mol. The highest BCUT2D eigenvalue weighted by atomic mass is 19.1. The van der Waals surface area contributed by atoms with Gasteiger partial charge in [-0.25, -0.2) is 14.4 Å². The zero-order chi connectivity index (χ0) is 26.0. The van der Waals surface area contributed by atoms with Gasteiger partial charge in [0.05, 0.1) is 16.9 Å². The topological polar surface area (TPSA) is 101 Å². The summed E-state index contributed by atoms with van der Waals surface area (Å²) in [6.07, 6.45) is 4.62. The summed E-state index contributed by atoms with van der Waals surface area (Å²) in [5, 5.41) is 4.41. The van der Waals surface area contributed by atoms with Crippen LogP contribution in [0.15, 0.2) is 60.9 Å². The Balaban J connectivity index is 1.40. The summed E-state index contributed by atoms with van der Waals surface area (Å²) in [5.74, 6) is -0.249. The van der Waals surface area contributed by atoms with Crippen molar-refractivity contribution in [1.82, 2.24) is 29.6 Å². The van der Waals surface area contributed by atoms with Crippen molar-refractivity contribution in [3.05, 3.63) is 78.0 Å². The van der Waals surface area contributed by atoms with Crippen LogP contribution in [-0.4, -0.2) is 56.3 Å². The van der Waals surface area contributed by atoms with Crippen molar-refractivity contribution < 1.29 is 9.18 Å². The summed E-state index contributed by atoms with van der Waals surface area (Å²) >= 11 is 0. The van der Waals surface area contributed by atoms with Gasteiger partial charge in [0.2, 0.25) is 0 Å². The number of nitrogens with two attached hydrogens (primary N) is 1. The third kappa shape index (κ3) is 3.53. The van der Waals surface area contributed by atoms with Gasteiger partial charge in [0.25, 0.3) is 5.91 Å². The lowest BCUT2D eigenvalue weighted by molar-refractivity contribution is 0.0155. The second-order valence-electron chi connectivity index (χ2n) is 10.5. The molecule has 2 aromatic carbocycles. The molecular formula is C29H26FN7O. The molecule has 3 aromatic heterocycles. The number of benzene rings is 2. The number of carbonyl (C=O) groups excluding carboxylic acids is 1. The summed E-state index contributed by atoms with van der Waals surface area (Å²) in [7, 11) is 0. The van der Waals surface area contributed by atoms with Gasteiger partial charge in [-0.3, -0.25) is 14.2 Å². The standard InChI is InChI=1S/C29H26FN7O/c1-17-8-10-33-22-7-4-19(12-21(17)22)25-24(18-2-5-20(30)6-3-18)35-26(31)27-34-23(13-37(25)27)28(38)36-15-29(16-36)9-11-32-14-29/h2-8,10,12-13,32H,9,11,14-16H2,1H3,(H2,31,35). The molecule has 5 aromatic rings. The first-order valence-corrected chi connectivity index (χ1v) is 12.7. The number of hydrogen-bond acceptors (Lipinski definition) is 6. The molecule has 2 fully saturated rings. The van der Waals surface area contributed by atoms with E-state index >= 15 is 0 Å². The largest absolute Gasteiger partial charge is 0.381 e. The number of likely N-dealkylation sites (tertiary alicyclic amines) is 1. The van der Waals surface area contributed by atoms with Gasteiger partial charge in [-0.05, 0) is 67.9 Å². The number of hydrogen-bond donors (Lipinski definition) is 2. The first-order valence-electron chi connectivity index (χ1n) is 12.7. The van der Waals surface area contributed by atoms with Crippen molar-refractivity contribution in [3.63, 3.8) is 0 Å². The monoisotopic (exact) mass is 507 g/mol. The molecule has 7 rings (SSSR count). The van der Waals surface area contributed by atoms with E-state index in [0.29, 0.717) is 22.6 Å². The number of rotatable bonds is 3. The summed E-state index contributed by atoms with van der Waals surface area (Å²) in [6, 6.07) is 14.1. The van der Waals surface area contributed by atoms with Gasteiger partial charge in [-0.2, -0.15) is 0 Å². The number of aromatic nitrogens is 4. The number of amides is 1. The van der Waals surface area contributed by atoms with Crippen LogP contribution in [0, 0.1) is 18.2 Å². The van der Waals surface area contributed by atoms with Crippen LogP contribution < -0.4 is 11.1 Å². The molecule has 0 atom stereocenters. The molecule has 8 nitrogen and oxygen atoms in total. The highest BCUT2D eigenvalue weighted by molar-refractivity contribution is 5.96. The number of halogens is 1. The molecule has 9 heteroatoms. The van der Waals surface area contributed by atoms with Gasteiger partial charge in [-0.1, -0.05) is 6.07 Å². The summed E-state index contributed by atoms with van der Waals surface area (Å²) in [4.78, 5) is 29.1. The third-order valence-electron chi connectivity index (χ3n) is 7.87. The minimum Gasteiger partial charge on any atom is -0.381 e. The SMILES string of the molecule is Cc1ccnc2ccc(-c3c(-c4ccc(F)cc4)nc(N)c4nc(C(=O)N5CC6(CCNC6)C5)cn34)cc12. The minimum atomic E-state index is -0.336. The van der Waals surface area contributed by atoms with Gasteiger partial charge >= 0.3 is 0 Å². The number of nitrogens with one attached hydrogen (secondary N) is 1. The molecule has 190 valence electrons. The molecule has 0 bridgehead atoms. The van der Waals surface area contributed by atoms with E-state index in [0.717, 1.165) is 60.3 Å². The summed E-state index contributed by atoms with van der Waals surface area (Å²) in [6.45, 7) is 5.43. The Labute approximate surface area is 218 Å². The fourth-order valence-electron chi connectivity index (χ4n) is 5.82. The quantitative estimate of drug-likeness (QED) is 0.382. The van der Waals surface area contributed by atoms with E-state index in [1.807, 2.05) is 34.4 Å². The third-order valence-corrected chi connectivity index (χ3v) is 7.87. The molecule has 2 aliphatic rings. The molecule has 2 saturated heterocycles. The van der Waals surface area contributed by atoms with Crippen LogP contribution in [0.3, 0.4) is 0 Å². The molecule has 1 spiro atoms. The summed E-state index contributed by atoms with van der Waals surface area (Å²) in [5.41, 5.74) is 12.2. The Kier molecular flexibility index (Phi) is 4.99. The average molecular weight is 508 g/mol. The van der Waals surface area contributed by atoms with Crippen molar-refractivity contribution in [3.8, 4) is 22.5 Å². The van der Waals surface area contributed by atoms with E-state index in [2.05, 4.69) is 21.4 Å². The molecule has 0 saturated carbocycles. The van der Waals surface area contributed by atoms with E-state index in [1.54, 1.807) is 24.5 Å². The zero-order valence-electron chi connectivity index (χ0n) is 20.9. The van der Waals surface area contributed by atoms with Crippen LogP contribution in [0.1, 0.15) is 22.5 Å². The molecule has 2 aliphatic heterocycles. The van der Waals surface area contributed by atoms with Crippen LogP contribution in [0.4, 0.5) is 10.2 Å². The molecule has 5 heterocycles. The predicted molar refractivity (Wildman–Crippen MR) is 144 cm³/mol. The Bertz CT molecular complexity index is 1730. The van der Waals surface area contributed by atoms with Crippen molar-refractivity contribution in [1.29, 1.82) is 0 Å². The molecule has 1 amide bonds. The normalized spacial score (nSPS) is 16.4. The van der Waals surface area contributed by atoms with Crippen LogP contribution >= 0.6 is 0 Å². The predicted octanol–water partition coefficient (Wildman–Crippen LogP) is 4.08. The smallest absolute Gasteiger partial charge is 0.274 e. The number of nitrogen functional groups attached to an aromatic ring is 1. The van der Waals surface area contributed by atoms with E-state index in [4.69, 9.17) is 10.7 Å². The van der Waals surface area contributed by atoms with E-state index < -0.39 is 0 Å². The number of aryl methyl sites for hydroxylation is 1. The van der Waals surface area contributed by atoms with Crippen LogP contribution in [0.2, 0.25) is 0 Å². The van der Waals surface area contributed by atoms with Crippen molar-refractivity contribution in [2.24, 2.45) is 5.41 Å². The molecule has 0 aliphatic carbocycles. The second-order valence-corrected chi connectivity index (χ2v) is 10.5. The Hall–Kier alpha value is -4.37. The number of anilines is 1.